The van der Waals surface area contributed by atoms with Crippen molar-refractivity contribution >= 4 is 23.4 Å². The Morgan fingerprint density at radius 2 is 1.68 bits per heavy atom. The van der Waals surface area contributed by atoms with Gasteiger partial charge < -0.3 is 14.6 Å². The van der Waals surface area contributed by atoms with E-state index in [9.17, 15) is 15.0 Å². The third-order valence-electron chi connectivity index (χ3n) is 3.24. The van der Waals surface area contributed by atoms with Crippen LogP contribution in [0.4, 0.5) is 5.88 Å². The van der Waals surface area contributed by atoms with Crippen LogP contribution in [0.5, 0.6) is 11.5 Å². The fourth-order valence-electron chi connectivity index (χ4n) is 2.01. The fourth-order valence-corrected chi connectivity index (χ4v) is 2.13. The van der Waals surface area contributed by atoms with E-state index in [1.807, 2.05) is 0 Å². The molecule has 0 unspecified atom stereocenters. The van der Waals surface area contributed by atoms with Gasteiger partial charge in [-0.1, -0.05) is 29.8 Å². The van der Waals surface area contributed by atoms with Crippen LogP contribution in [0.15, 0.2) is 69.2 Å². The molecule has 1 amide bonds. The Morgan fingerprint density at radius 1 is 1.00 bits per heavy atom. The van der Waals surface area contributed by atoms with E-state index in [0.717, 1.165) is 0 Å². The largest absolute Gasteiger partial charge is 0.502 e. The van der Waals surface area contributed by atoms with E-state index in [2.05, 4.69) is 15.1 Å². The van der Waals surface area contributed by atoms with Crippen LogP contribution in [-0.2, 0) is 0 Å². The SMILES string of the molecule is O=C(N=[N+]=Nc1oc(-c2ccc(Cl)cc2)c(O)c1O)c1ccccc1. The van der Waals surface area contributed by atoms with Gasteiger partial charge in [0.2, 0.25) is 26.6 Å². The number of amides is 1. The summed E-state index contributed by atoms with van der Waals surface area (Å²) in [7, 11) is 0. The molecule has 8 heteroatoms. The lowest BCUT2D eigenvalue weighted by atomic mass is 10.1. The highest BCUT2D eigenvalue weighted by atomic mass is 35.5. The average Bonchev–Trinajstić information content (AvgIpc) is 2.91. The Morgan fingerprint density at radius 3 is 2.36 bits per heavy atom. The van der Waals surface area contributed by atoms with Gasteiger partial charge >= 0.3 is 11.8 Å². The molecule has 0 saturated heterocycles. The first-order valence-electron chi connectivity index (χ1n) is 7.08. The molecule has 0 aliphatic heterocycles. The number of hydrogen-bond acceptors (Lipinski definition) is 5. The summed E-state index contributed by atoms with van der Waals surface area (Å²) >= 11 is 5.80. The van der Waals surface area contributed by atoms with E-state index in [1.165, 1.54) is 0 Å². The highest BCUT2D eigenvalue weighted by Crippen LogP contribution is 2.46. The van der Waals surface area contributed by atoms with Crippen LogP contribution in [0.2, 0.25) is 5.02 Å². The first kappa shape index (κ1) is 16.4. The maximum Gasteiger partial charge on any atom is 0.360 e. The second kappa shape index (κ2) is 7.00. The molecule has 7 nitrogen and oxygen atoms in total. The van der Waals surface area contributed by atoms with Gasteiger partial charge in [0, 0.05) is 16.1 Å². The molecule has 0 radical (unpaired) electrons. The van der Waals surface area contributed by atoms with Crippen LogP contribution in [0.25, 0.3) is 11.3 Å². The summed E-state index contributed by atoms with van der Waals surface area (Å²) in [6.07, 6.45) is 0. The summed E-state index contributed by atoms with van der Waals surface area (Å²) < 4.78 is 5.28. The van der Waals surface area contributed by atoms with Crippen LogP contribution >= 0.6 is 11.6 Å². The predicted octanol–water partition coefficient (Wildman–Crippen LogP) is 4.45. The van der Waals surface area contributed by atoms with Crippen molar-refractivity contribution in [2.45, 2.75) is 0 Å². The van der Waals surface area contributed by atoms with Crippen LogP contribution in [0.3, 0.4) is 0 Å². The number of benzene rings is 2. The molecular formula is C17H11ClN3O4+. The number of furan rings is 1. The molecule has 0 fully saturated rings. The summed E-state index contributed by atoms with van der Waals surface area (Å²) in [4.78, 5) is 15.1. The predicted molar refractivity (Wildman–Crippen MR) is 89.9 cm³/mol. The van der Waals surface area contributed by atoms with Crippen molar-refractivity contribution in [2.24, 2.45) is 10.2 Å². The molecule has 1 aromatic heterocycles. The summed E-state index contributed by atoms with van der Waals surface area (Å²) in [5.74, 6) is -2.07. The van der Waals surface area contributed by atoms with E-state index >= 15 is 0 Å². The zero-order valence-electron chi connectivity index (χ0n) is 12.6. The minimum atomic E-state index is -0.601. The number of aromatic hydroxyl groups is 2. The lowest BCUT2D eigenvalue weighted by molar-refractivity contribution is 0.0992. The lowest BCUT2D eigenvalue weighted by Crippen LogP contribution is -1.93. The number of hydrogen-bond donors (Lipinski definition) is 2. The Bertz CT molecular complexity index is 975. The molecule has 3 aromatic rings. The van der Waals surface area contributed by atoms with Gasteiger partial charge in [0.25, 0.3) is 0 Å². The Labute approximate surface area is 146 Å². The van der Waals surface area contributed by atoms with Gasteiger partial charge in [-0.05, 0) is 36.4 Å². The second-order valence-electron chi connectivity index (χ2n) is 4.90. The first-order valence-corrected chi connectivity index (χ1v) is 7.46. The number of nitrogens with zero attached hydrogens (tertiary/aromatic N) is 3. The van der Waals surface area contributed by atoms with E-state index in [1.54, 1.807) is 54.6 Å². The van der Waals surface area contributed by atoms with Gasteiger partial charge in [0.05, 0.1) is 0 Å². The highest BCUT2D eigenvalue weighted by Gasteiger charge is 2.23. The summed E-state index contributed by atoms with van der Waals surface area (Å²) in [6, 6.07) is 14.7. The molecule has 2 aromatic carbocycles. The molecule has 124 valence electrons. The van der Waals surface area contributed by atoms with Gasteiger partial charge in [-0.25, -0.2) is 0 Å². The van der Waals surface area contributed by atoms with Crippen LogP contribution in [-0.4, -0.2) is 16.1 Å². The smallest absolute Gasteiger partial charge is 0.360 e. The molecule has 25 heavy (non-hydrogen) atoms. The average molecular weight is 357 g/mol. The van der Waals surface area contributed by atoms with E-state index in [0.29, 0.717) is 16.1 Å². The third kappa shape index (κ3) is 3.58. The summed E-state index contributed by atoms with van der Waals surface area (Å²) in [6.45, 7) is 0. The molecule has 0 aliphatic carbocycles. The number of halogens is 1. The van der Waals surface area contributed by atoms with Crippen molar-refractivity contribution in [3.8, 4) is 22.8 Å². The number of rotatable bonds is 3. The minimum Gasteiger partial charge on any atom is -0.502 e. The first-order chi connectivity index (χ1) is 12.1. The van der Waals surface area contributed by atoms with E-state index in [-0.39, 0.29) is 11.6 Å². The fraction of sp³-hybridized carbons (Fsp3) is 0. The zero-order valence-corrected chi connectivity index (χ0v) is 13.4. The van der Waals surface area contributed by atoms with Gasteiger partial charge in [0.1, 0.15) is 0 Å². The quantitative estimate of drug-likeness (QED) is 0.533. The molecule has 0 aliphatic rings. The van der Waals surface area contributed by atoms with Crippen molar-refractivity contribution < 1.29 is 19.4 Å². The van der Waals surface area contributed by atoms with Crippen molar-refractivity contribution in [3.63, 3.8) is 0 Å². The monoisotopic (exact) mass is 356 g/mol. The second-order valence-corrected chi connectivity index (χ2v) is 5.34. The van der Waals surface area contributed by atoms with Crippen LogP contribution < -0.4 is 4.91 Å². The molecule has 3 rings (SSSR count). The summed E-state index contributed by atoms with van der Waals surface area (Å²) in [5.41, 5.74) is 0.825. The standard InChI is InChI=1S/C17H10ClN3O4/c18-12-8-6-10(7-9-12)15-13(22)14(23)17(25-15)20-21-19-16(24)11-4-2-1-3-5-11/h1-9,22H/p+1. The Kier molecular flexibility index (Phi) is 4.61. The minimum absolute atomic E-state index is 0.00231. The van der Waals surface area contributed by atoms with E-state index < -0.39 is 17.4 Å². The normalized spacial score (nSPS) is 10.1. The van der Waals surface area contributed by atoms with Gasteiger partial charge in [0.15, 0.2) is 5.76 Å². The summed E-state index contributed by atoms with van der Waals surface area (Å²) in [5, 5.41) is 27.3. The highest BCUT2D eigenvalue weighted by molar-refractivity contribution is 6.30. The maximum atomic E-state index is 11.8. The molecular weight excluding hydrogens is 346 g/mol. The Balaban J connectivity index is 1.88. The van der Waals surface area contributed by atoms with Gasteiger partial charge in [-0.15, -0.1) is 0 Å². The van der Waals surface area contributed by atoms with Crippen LogP contribution in [0.1, 0.15) is 10.4 Å². The number of carbonyl (C=O) groups is 1. The lowest BCUT2D eigenvalue weighted by Gasteiger charge is -1.97. The molecule has 1 heterocycles. The molecule has 0 atom stereocenters. The van der Waals surface area contributed by atoms with Crippen molar-refractivity contribution in [2.75, 3.05) is 0 Å². The van der Waals surface area contributed by atoms with Crippen LogP contribution in [0, 0.1) is 0 Å². The molecule has 0 bridgehead atoms. The van der Waals surface area contributed by atoms with Gasteiger partial charge in [-0.3, -0.25) is 4.79 Å². The molecule has 0 saturated carbocycles. The maximum absolute atomic E-state index is 11.8. The molecule has 2 N–H and O–H groups in total. The Hall–Kier alpha value is -3.41. The van der Waals surface area contributed by atoms with E-state index in [4.69, 9.17) is 16.0 Å². The zero-order chi connectivity index (χ0) is 17.8. The molecule has 0 spiro atoms. The van der Waals surface area contributed by atoms with Gasteiger partial charge in [-0.2, -0.15) is 0 Å². The third-order valence-corrected chi connectivity index (χ3v) is 3.49. The van der Waals surface area contributed by atoms with Crippen molar-refractivity contribution in [3.05, 3.63) is 65.2 Å². The van der Waals surface area contributed by atoms with Crippen molar-refractivity contribution in [1.82, 2.24) is 4.91 Å². The van der Waals surface area contributed by atoms with Crippen molar-refractivity contribution in [1.29, 1.82) is 0 Å². The topological polar surface area (TPSA) is 109 Å². The number of carbonyl (C=O) groups excluding carboxylic acids is 1.